The Morgan fingerprint density at radius 1 is 1.33 bits per heavy atom. The summed E-state index contributed by atoms with van der Waals surface area (Å²) in [4.78, 5) is 20.0. The Balaban J connectivity index is 2.27. The predicted octanol–water partition coefficient (Wildman–Crippen LogP) is 3.10. The zero-order valence-corrected chi connectivity index (χ0v) is 14.4. The number of anilines is 1. The molecular formula is C17H18N4O2S. The number of nitrogens with zero attached hydrogens (tertiary/aromatic N) is 3. The topological polar surface area (TPSA) is 87.9 Å². The molecule has 2 rings (SSSR count). The molecule has 1 heterocycles. The smallest absolute Gasteiger partial charge is 0.305 e. The zero-order chi connectivity index (χ0) is 17.4. The molecule has 2 aromatic rings. The number of ether oxygens (including phenoxy) is 1. The molecule has 0 aliphatic rings. The summed E-state index contributed by atoms with van der Waals surface area (Å²) in [7, 11) is 0. The van der Waals surface area contributed by atoms with Gasteiger partial charge in [-0.05, 0) is 6.26 Å². The van der Waals surface area contributed by atoms with Crippen LogP contribution < -0.4 is 5.32 Å². The minimum Gasteiger partial charge on any atom is -0.464 e. The fourth-order valence-corrected chi connectivity index (χ4v) is 2.37. The third-order valence-corrected chi connectivity index (χ3v) is 3.72. The van der Waals surface area contributed by atoms with E-state index in [0.717, 1.165) is 5.56 Å². The first-order chi connectivity index (χ1) is 11.7. The molecule has 0 amide bonds. The van der Waals surface area contributed by atoms with Gasteiger partial charge in [-0.1, -0.05) is 49.0 Å². The van der Waals surface area contributed by atoms with Crippen LogP contribution >= 0.6 is 11.8 Å². The van der Waals surface area contributed by atoms with Crippen LogP contribution in [0.5, 0.6) is 0 Å². The van der Waals surface area contributed by atoms with E-state index >= 15 is 0 Å². The maximum absolute atomic E-state index is 11.2. The average Bonchev–Trinajstić information content (AvgIpc) is 2.64. The highest BCUT2D eigenvalue weighted by molar-refractivity contribution is 7.98. The number of esters is 1. The van der Waals surface area contributed by atoms with Gasteiger partial charge in [0.05, 0.1) is 12.2 Å². The standard InChI is InChI=1S/C17H18N4O2S/c1-3-14(22)23-10-9-19-16-13(11-18)15(20-17(21-16)24-2)12-7-5-4-6-8-12/h4-8H,3,9-10H2,1-2H3,(H,19,20,21). The largest absolute Gasteiger partial charge is 0.464 e. The van der Waals surface area contributed by atoms with Gasteiger partial charge >= 0.3 is 5.97 Å². The van der Waals surface area contributed by atoms with Crippen molar-refractivity contribution in [1.29, 1.82) is 5.26 Å². The summed E-state index contributed by atoms with van der Waals surface area (Å²) in [5.74, 6) is 0.193. The SMILES string of the molecule is CCC(=O)OCCNc1nc(SC)nc(-c2ccccc2)c1C#N. The van der Waals surface area contributed by atoms with Crippen LogP contribution in [0, 0.1) is 11.3 Å². The summed E-state index contributed by atoms with van der Waals surface area (Å²) in [6, 6.07) is 11.7. The van der Waals surface area contributed by atoms with Crippen molar-refractivity contribution in [1.82, 2.24) is 9.97 Å². The Morgan fingerprint density at radius 2 is 2.08 bits per heavy atom. The van der Waals surface area contributed by atoms with E-state index in [2.05, 4.69) is 21.4 Å². The predicted molar refractivity (Wildman–Crippen MR) is 93.7 cm³/mol. The number of nitriles is 1. The van der Waals surface area contributed by atoms with E-state index in [4.69, 9.17) is 4.74 Å². The van der Waals surface area contributed by atoms with Gasteiger partial charge in [-0.2, -0.15) is 5.26 Å². The Labute approximate surface area is 145 Å². The van der Waals surface area contributed by atoms with E-state index in [1.54, 1.807) is 6.92 Å². The van der Waals surface area contributed by atoms with Gasteiger partial charge < -0.3 is 10.1 Å². The second-order valence-corrected chi connectivity index (χ2v) is 5.53. The van der Waals surface area contributed by atoms with Crippen molar-refractivity contribution in [3.63, 3.8) is 0 Å². The number of nitrogens with one attached hydrogen (secondary N) is 1. The van der Waals surface area contributed by atoms with Gasteiger partial charge in [0.15, 0.2) is 5.16 Å². The van der Waals surface area contributed by atoms with Crippen LogP contribution in [0.3, 0.4) is 0 Å². The summed E-state index contributed by atoms with van der Waals surface area (Å²) >= 11 is 1.40. The van der Waals surface area contributed by atoms with Crippen LogP contribution in [0.2, 0.25) is 0 Å². The van der Waals surface area contributed by atoms with Crippen molar-refractivity contribution in [2.24, 2.45) is 0 Å². The van der Waals surface area contributed by atoms with Crippen molar-refractivity contribution in [2.45, 2.75) is 18.5 Å². The van der Waals surface area contributed by atoms with Crippen molar-refractivity contribution < 1.29 is 9.53 Å². The highest BCUT2D eigenvalue weighted by Crippen LogP contribution is 2.28. The molecule has 0 saturated carbocycles. The zero-order valence-electron chi connectivity index (χ0n) is 13.6. The summed E-state index contributed by atoms with van der Waals surface area (Å²) in [5, 5.41) is 13.2. The molecule has 0 unspecified atom stereocenters. The number of aromatic nitrogens is 2. The molecule has 0 aliphatic heterocycles. The quantitative estimate of drug-likeness (QED) is 0.358. The fourth-order valence-electron chi connectivity index (χ4n) is 2.01. The van der Waals surface area contributed by atoms with Gasteiger partial charge in [-0.15, -0.1) is 0 Å². The van der Waals surface area contributed by atoms with Crippen molar-refractivity contribution in [3.05, 3.63) is 35.9 Å². The molecule has 0 saturated heterocycles. The lowest BCUT2D eigenvalue weighted by molar-refractivity contribution is -0.142. The molecule has 1 aromatic carbocycles. The monoisotopic (exact) mass is 342 g/mol. The number of rotatable bonds is 7. The molecule has 1 N–H and O–H groups in total. The van der Waals surface area contributed by atoms with Crippen LogP contribution in [0.25, 0.3) is 11.3 Å². The highest BCUT2D eigenvalue weighted by atomic mass is 32.2. The summed E-state index contributed by atoms with van der Waals surface area (Å²) in [5.41, 5.74) is 1.82. The second-order valence-electron chi connectivity index (χ2n) is 4.76. The number of thioether (sulfide) groups is 1. The highest BCUT2D eigenvalue weighted by Gasteiger charge is 2.15. The van der Waals surface area contributed by atoms with Crippen LogP contribution in [-0.4, -0.2) is 35.3 Å². The first-order valence-electron chi connectivity index (χ1n) is 7.50. The summed E-state index contributed by atoms with van der Waals surface area (Å²) < 4.78 is 5.02. The average molecular weight is 342 g/mol. The maximum Gasteiger partial charge on any atom is 0.305 e. The van der Waals surface area contributed by atoms with Crippen LogP contribution in [0.1, 0.15) is 18.9 Å². The fraction of sp³-hybridized carbons (Fsp3) is 0.294. The molecule has 0 spiro atoms. The molecule has 0 fully saturated rings. The van der Waals surface area contributed by atoms with Gasteiger partial charge in [0.2, 0.25) is 0 Å². The van der Waals surface area contributed by atoms with Gasteiger partial charge in [0.25, 0.3) is 0 Å². The number of benzene rings is 1. The second kappa shape index (κ2) is 8.89. The van der Waals surface area contributed by atoms with Gasteiger partial charge in [0, 0.05) is 12.0 Å². The number of carbonyl (C=O) groups excluding carboxylic acids is 1. The third kappa shape index (κ3) is 4.46. The summed E-state index contributed by atoms with van der Waals surface area (Å²) in [6.45, 7) is 2.33. The number of hydrogen-bond donors (Lipinski definition) is 1. The molecule has 7 heteroatoms. The van der Waals surface area contributed by atoms with Crippen molar-refractivity contribution in [2.75, 3.05) is 24.7 Å². The molecule has 0 radical (unpaired) electrons. The molecule has 0 aliphatic carbocycles. The molecular weight excluding hydrogens is 324 g/mol. The Hall–Kier alpha value is -2.59. The molecule has 1 aromatic heterocycles. The number of carbonyl (C=O) groups is 1. The number of hydrogen-bond acceptors (Lipinski definition) is 7. The minimum atomic E-state index is -0.255. The van der Waals surface area contributed by atoms with Crippen LogP contribution in [-0.2, 0) is 9.53 Å². The van der Waals surface area contributed by atoms with Crippen molar-refractivity contribution in [3.8, 4) is 17.3 Å². The molecule has 124 valence electrons. The van der Waals surface area contributed by atoms with Crippen molar-refractivity contribution >= 4 is 23.5 Å². The lowest BCUT2D eigenvalue weighted by atomic mass is 10.1. The molecule has 0 bridgehead atoms. The van der Waals surface area contributed by atoms with E-state index in [-0.39, 0.29) is 12.6 Å². The first kappa shape index (κ1) is 17.8. The van der Waals surface area contributed by atoms with E-state index in [9.17, 15) is 10.1 Å². The maximum atomic E-state index is 11.2. The Morgan fingerprint density at radius 3 is 2.71 bits per heavy atom. The van der Waals surface area contributed by atoms with E-state index in [1.807, 2.05) is 36.6 Å². The summed E-state index contributed by atoms with van der Waals surface area (Å²) in [6.07, 6.45) is 2.22. The van der Waals surface area contributed by atoms with E-state index in [0.29, 0.717) is 35.2 Å². The Kier molecular flexibility index (Phi) is 6.58. The molecule has 24 heavy (non-hydrogen) atoms. The Bertz CT molecular complexity index is 744. The third-order valence-electron chi connectivity index (χ3n) is 3.18. The first-order valence-corrected chi connectivity index (χ1v) is 8.73. The molecule has 0 atom stereocenters. The van der Waals surface area contributed by atoms with E-state index in [1.165, 1.54) is 11.8 Å². The molecule has 6 nitrogen and oxygen atoms in total. The van der Waals surface area contributed by atoms with Crippen LogP contribution in [0.4, 0.5) is 5.82 Å². The van der Waals surface area contributed by atoms with Gasteiger partial charge in [-0.3, -0.25) is 4.79 Å². The minimum absolute atomic E-state index is 0.219. The normalized spacial score (nSPS) is 10.0. The lowest BCUT2D eigenvalue weighted by Crippen LogP contribution is -2.15. The lowest BCUT2D eigenvalue weighted by Gasteiger charge is -2.12. The van der Waals surface area contributed by atoms with Gasteiger partial charge in [0.1, 0.15) is 24.1 Å². The van der Waals surface area contributed by atoms with Crippen LogP contribution in [0.15, 0.2) is 35.5 Å². The van der Waals surface area contributed by atoms with Gasteiger partial charge in [-0.25, -0.2) is 9.97 Å². The van der Waals surface area contributed by atoms with E-state index < -0.39 is 0 Å².